The van der Waals surface area contributed by atoms with Crippen molar-refractivity contribution in [1.29, 1.82) is 0 Å². The van der Waals surface area contributed by atoms with Crippen molar-refractivity contribution in [1.82, 2.24) is 9.78 Å². The molecule has 0 aliphatic heterocycles. The topological polar surface area (TPSA) is 47.3 Å². The number of aromatic hydroxyl groups is 1. The van der Waals surface area contributed by atoms with Gasteiger partial charge in [-0.1, -0.05) is 43.7 Å². The first-order valence-electron chi connectivity index (χ1n) is 7.75. The molecule has 3 aromatic rings. The van der Waals surface area contributed by atoms with Gasteiger partial charge in [0.05, 0.1) is 24.1 Å². The molecule has 1 aromatic heterocycles. The van der Waals surface area contributed by atoms with Gasteiger partial charge < -0.3 is 9.84 Å². The molecule has 2 aromatic carbocycles. The van der Waals surface area contributed by atoms with Crippen LogP contribution in [0.25, 0.3) is 16.8 Å². The lowest BCUT2D eigenvalue weighted by atomic mass is 10.0. The van der Waals surface area contributed by atoms with Gasteiger partial charge in [-0.25, -0.2) is 4.68 Å². The summed E-state index contributed by atoms with van der Waals surface area (Å²) in [6.45, 7) is 2.12. The molecule has 0 bridgehead atoms. The molecule has 0 spiro atoms. The van der Waals surface area contributed by atoms with Crippen molar-refractivity contribution in [2.24, 2.45) is 0 Å². The smallest absolute Gasteiger partial charge is 0.239 e. The van der Waals surface area contributed by atoms with E-state index in [-0.39, 0.29) is 5.88 Å². The monoisotopic (exact) mass is 308 g/mol. The van der Waals surface area contributed by atoms with Gasteiger partial charge in [0.15, 0.2) is 0 Å². The van der Waals surface area contributed by atoms with Gasteiger partial charge in [0.25, 0.3) is 0 Å². The Morgan fingerprint density at radius 1 is 1.04 bits per heavy atom. The van der Waals surface area contributed by atoms with E-state index in [1.807, 2.05) is 59.3 Å². The Bertz CT molecular complexity index is 777. The van der Waals surface area contributed by atoms with Gasteiger partial charge in [-0.3, -0.25) is 0 Å². The maximum Gasteiger partial charge on any atom is 0.239 e. The minimum absolute atomic E-state index is 0.0652. The largest absolute Gasteiger partial charge is 0.497 e. The van der Waals surface area contributed by atoms with Gasteiger partial charge in [-0.2, -0.15) is 0 Å². The molecule has 3 rings (SSSR count). The summed E-state index contributed by atoms with van der Waals surface area (Å²) in [6.07, 6.45) is 1.81. The molecule has 0 radical (unpaired) electrons. The van der Waals surface area contributed by atoms with Gasteiger partial charge in [0.2, 0.25) is 5.88 Å². The fourth-order valence-electron chi connectivity index (χ4n) is 2.75. The number of rotatable bonds is 5. The average Bonchev–Trinajstić information content (AvgIpc) is 2.92. The molecule has 4 heteroatoms. The maximum absolute atomic E-state index is 10.4. The van der Waals surface area contributed by atoms with Crippen LogP contribution in [0.5, 0.6) is 11.6 Å². The van der Waals surface area contributed by atoms with Crippen LogP contribution in [0.2, 0.25) is 0 Å². The van der Waals surface area contributed by atoms with Gasteiger partial charge in [-0.15, -0.1) is 5.10 Å². The third-order valence-corrected chi connectivity index (χ3v) is 3.83. The second-order valence-corrected chi connectivity index (χ2v) is 5.37. The van der Waals surface area contributed by atoms with E-state index in [1.165, 1.54) is 0 Å². The van der Waals surface area contributed by atoms with Gasteiger partial charge in [-0.05, 0) is 36.2 Å². The Hall–Kier alpha value is -2.75. The van der Waals surface area contributed by atoms with Crippen LogP contribution in [0.1, 0.15) is 19.0 Å². The molecule has 0 aliphatic rings. The Kier molecular flexibility index (Phi) is 4.33. The summed E-state index contributed by atoms with van der Waals surface area (Å²) in [5.74, 6) is 0.862. The zero-order valence-electron chi connectivity index (χ0n) is 13.4. The molecule has 1 heterocycles. The average molecular weight is 308 g/mol. The first kappa shape index (κ1) is 15.2. The quantitative estimate of drug-likeness (QED) is 0.768. The minimum Gasteiger partial charge on any atom is -0.497 e. The van der Waals surface area contributed by atoms with Crippen LogP contribution in [-0.4, -0.2) is 22.0 Å². The maximum atomic E-state index is 10.4. The van der Waals surface area contributed by atoms with Crippen LogP contribution in [0.4, 0.5) is 0 Å². The molecular weight excluding hydrogens is 288 g/mol. The van der Waals surface area contributed by atoms with Crippen LogP contribution >= 0.6 is 0 Å². The van der Waals surface area contributed by atoms with E-state index in [0.717, 1.165) is 41.1 Å². The number of methoxy groups -OCH3 is 1. The van der Waals surface area contributed by atoms with Crippen molar-refractivity contribution in [3.8, 4) is 28.4 Å². The summed E-state index contributed by atoms with van der Waals surface area (Å²) in [5, 5.41) is 14.8. The van der Waals surface area contributed by atoms with E-state index in [1.54, 1.807) is 7.11 Å². The Morgan fingerprint density at radius 3 is 2.35 bits per heavy atom. The summed E-state index contributed by atoms with van der Waals surface area (Å²) >= 11 is 0. The van der Waals surface area contributed by atoms with Crippen molar-refractivity contribution in [2.75, 3.05) is 7.11 Å². The van der Waals surface area contributed by atoms with Crippen molar-refractivity contribution < 1.29 is 9.84 Å². The molecule has 0 amide bonds. The number of hydrogen-bond donors (Lipinski definition) is 1. The van der Waals surface area contributed by atoms with E-state index in [0.29, 0.717) is 0 Å². The number of hydrogen-bond acceptors (Lipinski definition) is 3. The summed E-state index contributed by atoms with van der Waals surface area (Å²) in [4.78, 5) is 0. The highest BCUT2D eigenvalue weighted by atomic mass is 16.5. The van der Waals surface area contributed by atoms with Crippen LogP contribution in [0.3, 0.4) is 0 Å². The fraction of sp³-hybridized carbons (Fsp3) is 0.211. The molecule has 23 heavy (non-hydrogen) atoms. The van der Waals surface area contributed by atoms with Crippen molar-refractivity contribution in [3.63, 3.8) is 0 Å². The molecule has 0 saturated carbocycles. The number of aromatic nitrogens is 2. The molecule has 0 unspecified atom stereocenters. The summed E-state index contributed by atoms with van der Waals surface area (Å²) < 4.78 is 7.02. The van der Waals surface area contributed by atoms with Crippen LogP contribution in [0.15, 0.2) is 54.6 Å². The molecule has 0 saturated heterocycles. The van der Waals surface area contributed by atoms with Crippen molar-refractivity contribution in [2.45, 2.75) is 19.8 Å². The zero-order chi connectivity index (χ0) is 16.2. The second kappa shape index (κ2) is 6.57. The standard InChI is InChI=1S/C19H20N2O2/c1-3-7-17-18(14-8-5-4-6-9-14)19(22)20-21(17)15-10-12-16(23-2)13-11-15/h4-6,8-13H,3,7H2,1-2H3,(H,20,22). The van der Waals surface area contributed by atoms with Gasteiger partial charge in [0, 0.05) is 0 Å². The molecule has 0 fully saturated rings. The Morgan fingerprint density at radius 2 is 1.74 bits per heavy atom. The number of ether oxygens (including phenoxy) is 1. The third-order valence-electron chi connectivity index (χ3n) is 3.83. The van der Waals surface area contributed by atoms with Crippen LogP contribution < -0.4 is 4.74 Å². The normalized spacial score (nSPS) is 10.7. The highest BCUT2D eigenvalue weighted by Gasteiger charge is 2.19. The minimum atomic E-state index is 0.0652. The SMILES string of the molecule is CCCc1c(-c2ccccc2)c(O)nn1-c1ccc(OC)cc1. The second-order valence-electron chi connectivity index (χ2n) is 5.37. The van der Waals surface area contributed by atoms with E-state index in [9.17, 15) is 5.11 Å². The molecule has 0 atom stereocenters. The van der Waals surface area contributed by atoms with Gasteiger partial charge in [0.1, 0.15) is 5.75 Å². The van der Waals surface area contributed by atoms with E-state index >= 15 is 0 Å². The molecule has 1 N–H and O–H groups in total. The first-order chi connectivity index (χ1) is 11.2. The summed E-state index contributed by atoms with van der Waals surface area (Å²) in [5.41, 5.74) is 3.71. The molecule has 118 valence electrons. The summed E-state index contributed by atoms with van der Waals surface area (Å²) in [6, 6.07) is 17.6. The van der Waals surface area contributed by atoms with Gasteiger partial charge >= 0.3 is 0 Å². The van der Waals surface area contributed by atoms with E-state index < -0.39 is 0 Å². The van der Waals surface area contributed by atoms with E-state index in [2.05, 4.69) is 12.0 Å². The molecule has 0 aliphatic carbocycles. The third kappa shape index (κ3) is 2.93. The van der Waals surface area contributed by atoms with Crippen LogP contribution in [-0.2, 0) is 6.42 Å². The predicted octanol–water partition coefficient (Wildman–Crippen LogP) is 4.21. The fourth-order valence-corrected chi connectivity index (χ4v) is 2.75. The first-order valence-corrected chi connectivity index (χ1v) is 7.75. The van der Waals surface area contributed by atoms with E-state index in [4.69, 9.17) is 4.74 Å². The number of benzene rings is 2. The van der Waals surface area contributed by atoms with Crippen molar-refractivity contribution in [3.05, 3.63) is 60.3 Å². The molecule has 4 nitrogen and oxygen atoms in total. The lowest BCUT2D eigenvalue weighted by molar-refractivity contribution is 0.414. The summed E-state index contributed by atoms with van der Waals surface area (Å²) in [7, 11) is 1.64. The Balaban J connectivity index is 2.13. The highest BCUT2D eigenvalue weighted by molar-refractivity contribution is 5.72. The van der Waals surface area contributed by atoms with Crippen LogP contribution in [0, 0.1) is 0 Å². The lowest BCUT2D eigenvalue weighted by Crippen LogP contribution is -2.02. The predicted molar refractivity (Wildman–Crippen MR) is 91.2 cm³/mol. The van der Waals surface area contributed by atoms with Crippen molar-refractivity contribution >= 4 is 0 Å². The highest BCUT2D eigenvalue weighted by Crippen LogP contribution is 2.34. The zero-order valence-corrected chi connectivity index (χ0v) is 13.4. The lowest BCUT2D eigenvalue weighted by Gasteiger charge is -2.09. The molecular formula is C19H20N2O2. The number of nitrogens with zero attached hydrogens (tertiary/aromatic N) is 2. The Labute approximate surface area is 136 Å².